The van der Waals surface area contributed by atoms with Crippen molar-refractivity contribution in [3.05, 3.63) is 0 Å². The lowest BCUT2D eigenvalue weighted by atomic mass is 9.43. The molecule has 0 unspecified atom stereocenters. The van der Waals surface area contributed by atoms with Crippen molar-refractivity contribution in [1.82, 2.24) is 5.32 Å². The van der Waals surface area contributed by atoms with Gasteiger partial charge in [-0.25, -0.2) is 0 Å². The number of hydrogen-bond acceptors (Lipinski definition) is 5. The third-order valence-electron chi connectivity index (χ3n) is 11.0. The molecular formula is C26H47NO5S. The molecule has 10 atom stereocenters. The first-order chi connectivity index (χ1) is 15.5. The summed E-state index contributed by atoms with van der Waals surface area (Å²) in [5.74, 6) is 3.16. The number of fused-ring (bicyclic) bond motifs is 5. The van der Waals surface area contributed by atoms with Gasteiger partial charge in [-0.3, -0.25) is 4.55 Å². The molecule has 6 nitrogen and oxygen atoms in total. The van der Waals surface area contributed by atoms with Gasteiger partial charge in [0.25, 0.3) is 10.1 Å². The molecule has 0 spiro atoms. The minimum Gasteiger partial charge on any atom is -0.393 e. The van der Waals surface area contributed by atoms with Crippen LogP contribution in [0.1, 0.15) is 85.0 Å². The second-order valence-corrected chi connectivity index (χ2v) is 14.2. The highest BCUT2D eigenvalue weighted by molar-refractivity contribution is 7.85. The van der Waals surface area contributed by atoms with Crippen LogP contribution in [0, 0.1) is 46.3 Å². The molecule has 0 aromatic heterocycles. The van der Waals surface area contributed by atoms with Gasteiger partial charge < -0.3 is 15.5 Å². The molecule has 33 heavy (non-hydrogen) atoms. The van der Waals surface area contributed by atoms with Crippen LogP contribution in [0.25, 0.3) is 0 Å². The van der Waals surface area contributed by atoms with Gasteiger partial charge in [0.15, 0.2) is 0 Å². The Balaban J connectivity index is 1.36. The molecule has 0 amide bonds. The van der Waals surface area contributed by atoms with Crippen molar-refractivity contribution in [2.75, 3.05) is 18.8 Å². The first-order valence-corrected chi connectivity index (χ1v) is 15.1. The van der Waals surface area contributed by atoms with E-state index in [2.05, 4.69) is 26.1 Å². The van der Waals surface area contributed by atoms with Crippen LogP contribution in [0.15, 0.2) is 0 Å². The van der Waals surface area contributed by atoms with Crippen LogP contribution in [0.4, 0.5) is 0 Å². The lowest BCUT2D eigenvalue weighted by molar-refractivity contribution is -0.174. The molecule has 0 aliphatic heterocycles. The van der Waals surface area contributed by atoms with Crippen molar-refractivity contribution in [1.29, 1.82) is 0 Å². The van der Waals surface area contributed by atoms with Crippen LogP contribution >= 0.6 is 0 Å². The highest BCUT2D eigenvalue weighted by Gasteiger charge is 2.62. The molecule has 4 N–H and O–H groups in total. The van der Waals surface area contributed by atoms with Crippen molar-refractivity contribution in [3.8, 4) is 0 Å². The smallest absolute Gasteiger partial charge is 0.266 e. The Morgan fingerprint density at radius 1 is 0.970 bits per heavy atom. The molecule has 7 heteroatoms. The van der Waals surface area contributed by atoms with Gasteiger partial charge in [-0.1, -0.05) is 20.8 Å². The number of hydrogen-bond donors (Lipinski definition) is 4. The average Bonchev–Trinajstić information content (AvgIpc) is 3.08. The van der Waals surface area contributed by atoms with Crippen LogP contribution in [0.2, 0.25) is 0 Å². The zero-order valence-corrected chi connectivity index (χ0v) is 21.7. The van der Waals surface area contributed by atoms with E-state index < -0.39 is 10.1 Å². The molecule has 0 aromatic carbocycles. The standard InChI is InChI=1S/C26H47NO5S/c1-17(5-4-12-27-13-14-33(30,31)32)20-6-7-21-24-22(9-11-26(20,21)3)25(2)10-8-19(28)15-18(25)16-23(24)29/h17-24,27-29H,4-16H2,1-3H3,(H,30,31,32)/t17-,18+,19-,20-,21+,22+,23-,24+,25+,26-/m1/s1. The predicted octanol–water partition coefficient (Wildman–Crippen LogP) is 3.87. The van der Waals surface area contributed by atoms with Crippen molar-refractivity contribution in [2.45, 2.75) is 97.2 Å². The Labute approximate surface area is 201 Å². The molecule has 192 valence electrons. The molecular weight excluding hydrogens is 438 g/mol. The summed E-state index contributed by atoms with van der Waals surface area (Å²) in [6.45, 7) is 8.45. The van der Waals surface area contributed by atoms with E-state index in [1.165, 1.54) is 25.7 Å². The van der Waals surface area contributed by atoms with Gasteiger partial charge in [0.1, 0.15) is 0 Å². The molecule has 0 radical (unpaired) electrons. The highest BCUT2D eigenvalue weighted by atomic mass is 32.2. The second kappa shape index (κ2) is 9.68. The van der Waals surface area contributed by atoms with Crippen LogP contribution < -0.4 is 5.32 Å². The summed E-state index contributed by atoms with van der Waals surface area (Å²) in [5, 5.41) is 24.8. The van der Waals surface area contributed by atoms with Crippen molar-refractivity contribution >= 4 is 10.1 Å². The summed E-state index contributed by atoms with van der Waals surface area (Å²) in [4.78, 5) is 0. The SMILES string of the molecule is C[C@H](CCCNCCS(=O)(=O)O)[C@H]1CC[C@H]2[C@@H]3[C@H](O)C[C@@H]4C[C@H](O)CC[C@]4(C)[C@H]3CC[C@]12C. The number of rotatable bonds is 8. The fourth-order valence-corrected chi connectivity index (χ4v) is 9.65. The van der Waals surface area contributed by atoms with Crippen LogP contribution in [-0.4, -0.2) is 54.2 Å². The van der Waals surface area contributed by atoms with Crippen LogP contribution in [-0.2, 0) is 10.1 Å². The Morgan fingerprint density at radius 2 is 1.67 bits per heavy atom. The summed E-state index contributed by atoms with van der Waals surface area (Å²) in [7, 11) is -3.89. The fourth-order valence-electron chi connectivity index (χ4n) is 9.25. The van der Waals surface area contributed by atoms with E-state index in [9.17, 15) is 18.6 Å². The molecule has 0 saturated heterocycles. The molecule has 0 bridgehead atoms. The molecule has 0 aromatic rings. The third-order valence-corrected chi connectivity index (χ3v) is 11.7. The normalized spacial score (nSPS) is 46.3. The van der Waals surface area contributed by atoms with E-state index in [1.807, 2.05) is 0 Å². The second-order valence-electron chi connectivity index (χ2n) is 12.6. The number of nitrogens with one attached hydrogen (secondary N) is 1. The minimum atomic E-state index is -3.89. The molecule has 4 saturated carbocycles. The van der Waals surface area contributed by atoms with E-state index in [4.69, 9.17) is 4.55 Å². The Kier molecular flexibility index (Phi) is 7.59. The maximum atomic E-state index is 11.4. The first kappa shape index (κ1) is 25.9. The lowest BCUT2D eigenvalue weighted by Gasteiger charge is -2.62. The van der Waals surface area contributed by atoms with E-state index in [0.29, 0.717) is 47.5 Å². The summed E-state index contributed by atoms with van der Waals surface area (Å²) in [6, 6.07) is 0. The van der Waals surface area contributed by atoms with E-state index in [-0.39, 0.29) is 23.4 Å². The fraction of sp³-hybridized carbons (Fsp3) is 1.00. The van der Waals surface area contributed by atoms with Gasteiger partial charge in [0, 0.05) is 6.54 Å². The van der Waals surface area contributed by atoms with Crippen molar-refractivity contribution in [2.24, 2.45) is 46.3 Å². The van der Waals surface area contributed by atoms with Gasteiger partial charge in [-0.05, 0) is 117 Å². The molecule has 4 aliphatic carbocycles. The summed E-state index contributed by atoms with van der Waals surface area (Å²) in [5.41, 5.74) is 0.583. The molecule has 4 rings (SSSR count). The first-order valence-electron chi connectivity index (χ1n) is 13.5. The Bertz CT molecular complexity index is 790. The number of aliphatic hydroxyl groups is 2. The predicted molar refractivity (Wildman–Crippen MR) is 130 cm³/mol. The maximum absolute atomic E-state index is 11.4. The summed E-state index contributed by atoms with van der Waals surface area (Å²) in [6.07, 6.45) is 10.5. The largest absolute Gasteiger partial charge is 0.393 e. The monoisotopic (exact) mass is 485 g/mol. The minimum absolute atomic E-state index is 0.181. The van der Waals surface area contributed by atoms with Gasteiger partial charge in [-0.2, -0.15) is 8.42 Å². The summed E-state index contributed by atoms with van der Waals surface area (Å²) >= 11 is 0. The van der Waals surface area contributed by atoms with Gasteiger partial charge >= 0.3 is 0 Å². The zero-order chi connectivity index (χ0) is 24.0. The molecule has 0 heterocycles. The molecule has 4 aliphatic rings. The van der Waals surface area contributed by atoms with Crippen LogP contribution in [0.3, 0.4) is 0 Å². The van der Waals surface area contributed by atoms with E-state index in [1.54, 1.807) is 0 Å². The highest BCUT2D eigenvalue weighted by Crippen LogP contribution is 2.68. The third kappa shape index (κ3) is 5.04. The summed E-state index contributed by atoms with van der Waals surface area (Å²) < 4.78 is 30.5. The topological polar surface area (TPSA) is 107 Å². The number of aliphatic hydroxyl groups excluding tert-OH is 2. The lowest BCUT2D eigenvalue weighted by Crippen LogP contribution is -2.58. The van der Waals surface area contributed by atoms with Gasteiger partial charge in [-0.15, -0.1) is 0 Å². The van der Waals surface area contributed by atoms with E-state index >= 15 is 0 Å². The van der Waals surface area contributed by atoms with Crippen LogP contribution in [0.5, 0.6) is 0 Å². The van der Waals surface area contributed by atoms with Crippen molar-refractivity contribution < 1.29 is 23.2 Å². The Hall–Kier alpha value is -0.210. The molecule has 4 fully saturated rings. The zero-order valence-electron chi connectivity index (χ0n) is 20.9. The van der Waals surface area contributed by atoms with E-state index in [0.717, 1.165) is 45.1 Å². The average molecular weight is 486 g/mol. The van der Waals surface area contributed by atoms with Gasteiger partial charge in [0.05, 0.1) is 18.0 Å². The van der Waals surface area contributed by atoms with Gasteiger partial charge in [0.2, 0.25) is 0 Å². The van der Waals surface area contributed by atoms with Crippen molar-refractivity contribution in [3.63, 3.8) is 0 Å². The maximum Gasteiger partial charge on any atom is 0.266 e. The quantitative estimate of drug-likeness (QED) is 0.307. The Morgan fingerprint density at radius 3 is 2.39 bits per heavy atom.